The summed E-state index contributed by atoms with van der Waals surface area (Å²) in [6.45, 7) is 11.2. The van der Waals surface area contributed by atoms with Crippen LogP contribution >= 0.6 is 0 Å². The van der Waals surface area contributed by atoms with Crippen LogP contribution in [0.5, 0.6) is 0 Å². The largest absolute Gasteiger partial charge is 0.385 e. The first-order valence-corrected chi connectivity index (χ1v) is 12.2. The first-order chi connectivity index (χ1) is 15.3. The van der Waals surface area contributed by atoms with Crippen molar-refractivity contribution in [1.82, 2.24) is 15.1 Å². The van der Waals surface area contributed by atoms with Crippen LogP contribution in [-0.2, 0) is 15.9 Å². The van der Waals surface area contributed by atoms with Crippen molar-refractivity contribution in [2.45, 2.75) is 45.1 Å². The molecule has 31 heavy (non-hydrogen) atoms. The lowest BCUT2D eigenvalue weighted by Crippen LogP contribution is -2.47. The summed E-state index contributed by atoms with van der Waals surface area (Å²) >= 11 is 0. The fraction of sp³-hybridized carbons (Fsp3) is 0.720. The highest BCUT2D eigenvalue weighted by Crippen LogP contribution is 2.18. The molecule has 1 unspecified atom stereocenters. The maximum Gasteiger partial charge on any atom is 0.193 e. The minimum absolute atomic E-state index is 0.379. The molecule has 3 rings (SSSR count). The molecule has 2 aliphatic rings. The average Bonchev–Trinajstić information content (AvgIpc) is 3.27. The van der Waals surface area contributed by atoms with Crippen molar-refractivity contribution in [3.05, 3.63) is 35.9 Å². The second kappa shape index (κ2) is 13.7. The van der Waals surface area contributed by atoms with Gasteiger partial charge in [0.1, 0.15) is 0 Å². The zero-order valence-corrected chi connectivity index (χ0v) is 19.6. The minimum Gasteiger partial charge on any atom is -0.385 e. The zero-order valence-electron chi connectivity index (χ0n) is 19.6. The molecule has 0 aliphatic carbocycles. The van der Waals surface area contributed by atoms with Gasteiger partial charge in [0, 0.05) is 59.6 Å². The highest BCUT2D eigenvalue weighted by Gasteiger charge is 2.24. The van der Waals surface area contributed by atoms with Crippen molar-refractivity contribution in [2.75, 3.05) is 66.1 Å². The number of hydrogen-bond donors (Lipinski definition) is 1. The minimum atomic E-state index is 0.379. The zero-order chi connectivity index (χ0) is 21.7. The Morgan fingerprint density at radius 3 is 2.65 bits per heavy atom. The van der Waals surface area contributed by atoms with Gasteiger partial charge in [-0.25, -0.2) is 0 Å². The lowest BCUT2D eigenvalue weighted by atomic mass is 10.1. The molecule has 174 valence electrons. The van der Waals surface area contributed by atoms with Gasteiger partial charge in [-0.1, -0.05) is 30.3 Å². The van der Waals surface area contributed by atoms with Crippen LogP contribution in [0.2, 0.25) is 0 Å². The fourth-order valence-electron chi connectivity index (χ4n) is 4.53. The van der Waals surface area contributed by atoms with E-state index >= 15 is 0 Å². The van der Waals surface area contributed by atoms with Gasteiger partial charge in [-0.15, -0.1) is 0 Å². The SMILES string of the molecule is CCNC(=NCC1CCN(CCc2ccccc2)C1)N1CCC(OCCCOC)CC1. The standard InChI is InChI=1S/C25H42N4O2/c1-3-26-25(29-16-12-24(13-17-29)31-19-7-18-30-2)27-20-23-11-15-28(21-23)14-10-22-8-5-4-6-9-22/h4-6,8-9,23-24H,3,7,10-21H2,1-2H3,(H,26,27). The van der Waals surface area contributed by atoms with Gasteiger partial charge in [-0.2, -0.15) is 0 Å². The fourth-order valence-corrected chi connectivity index (χ4v) is 4.53. The van der Waals surface area contributed by atoms with E-state index in [1.54, 1.807) is 7.11 Å². The molecule has 1 N–H and O–H groups in total. The van der Waals surface area contributed by atoms with Gasteiger partial charge in [0.15, 0.2) is 5.96 Å². The normalized spacial score (nSPS) is 21.0. The maximum absolute atomic E-state index is 6.01. The number of aliphatic imine (C=N–C) groups is 1. The van der Waals surface area contributed by atoms with Crippen molar-refractivity contribution in [2.24, 2.45) is 10.9 Å². The molecule has 2 heterocycles. The van der Waals surface area contributed by atoms with Gasteiger partial charge in [-0.3, -0.25) is 4.99 Å². The first-order valence-electron chi connectivity index (χ1n) is 12.2. The van der Waals surface area contributed by atoms with E-state index in [2.05, 4.69) is 52.4 Å². The summed E-state index contributed by atoms with van der Waals surface area (Å²) < 4.78 is 11.1. The summed E-state index contributed by atoms with van der Waals surface area (Å²) in [6.07, 6.45) is 5.91. The Kier molecular flexibility index (Phi) is 10.6. The van der Waals surface area contributed by atoms with Crippen LogP contribution in [0.4, 0.5) is 0 Å². The molecule has 1 atom stereocenters. The van der Waals surface area contributed by atoms with E-state index in [0.29, 0.717) is 12.0 Å². The van der Waals surface area contributed by atoms with Gasteiger partial charge in [-0.05, 0) is 57.1 Å². The Morgan fingerprint density at radius 1 is 1.10 bits per heavy atom. The molecule has 1 aromatic carbocycles. The van der Waals surface area contributed by atoms with Crippen molar-refractivity contribution in [1.29, 1.82) is 0 Å². The van der Waals surface area contributed by atoms with Crippen LogP contribution in [0.15, 0.2) is 35.3 Å². The van der Waals surface area contributed by atoms with E-state index in [1.807, 2.05) is 0 Å². The topological polar surface area (TPSA) is 49.3 Å². The van der Waals surface area contributed by atoms with Crippen molar-refractivity contribution in [3.63, 3.8) is 0 Å². The van der Waals surface area contributed by atoms with Crippen LogP contribution in [-0.4, -0.2) is 88.0 Å². The quantitative estimate of drug-likeness (QED) is 0.332. The van der Waals surface area contributed by atoms with E-state index in [1.165, 1.54) is 25.1 Å². The molecule has 0 bridgehead atoms. The third-order valence-corrected chi connectivity index (χ3v) is 6.35. The van der Waals surface area contributed by atoms with Crippen molar-refractivity contribution < 1.29 is 9.47 Å². The molecule has 0 amide bonds. The molecule has 6 nitrogen and oxygen atoms in total. The molecule has 0 saturated carbocycles. The van der Waals surface area contributed by atoms with E-state index in [0.717, 1.165) is 77.6 Å². The Balaban J connectivity index is 1.38. The number of benzene rings is 1. The number of piperidine rings is 1. The van der Waals surface area contributed by atoms with Crippen LogP contribution in [0, 0.1) is 5.92 Å². The lowest BCUT2D eigenvalue weighted by molar-refractivity contribution is 0.00989. The molecule has 6 heteroatoms. The Morgan fingerprint density at radius 2 is 1.90 bits per heavy atom. The first kappa shape index (κ1) is 24.0. The number of guanidine groups is 1. The predicted molar refractivity (Wildman–Crippen MR) is 128 cm³/mol. The molecule has 2 fully saturated rings. The molecule has 0 spiro atoms. The molecule has 0 radical (unpaired) electrons. The third-order valence-electron chi connectivity index (χ3n) is 6.35. The number of nitrogens with zero attached hydrogens (tertiary/aromatic N) is 3. The van der Waals surface area contributed by atoms with Crippen LogP contribution in [0.1, 0.15) is 38.2 Å². The Hall–Kier alpha value is -1.63. The van der Waals surface area contributed by atoms with Crippen LogP contribution in [0.3, 0.4) is 0 Å². The Labute approximate surface area is 189 Å². The van der Waals surface area contributed by atoms with Crippen molar-refractivity contribution >= 4 is 5.96 Å². The van der Waals surface area contributed by atoms with Crippen LogP contribution in [0.25, 0.3) is 0 Å². The summed E-state index contributed by atoms with van der Waals surface area (Å²) in [6, 6.07) is 10.8. The molecule has 0 aromatic heterocycles. The van der Waals surface area contributed by atoms with Crippen LogP contribution < -0.4 is 5.32 Å². The highest BCUT2D eigenvalue weighted by atomic mass is 16.5. The molecular weight excluding hydrogens is 388 g/mol. The van der Waals surface area contributed by atoms with E-state index < -0.39 is 0 Å². The number of rotatable bonds is 11. The third kappa shape index (κ3) is 8.43. The Bertz CT molecular complexity index is 632. The molecular formula is C25H42N4O2. The predicted octanol–water partition coefficient (Wildman–Crippen LogP) is 3.03. The summed E-state index contributed by atoms with van der Waals surface area (Å²) in [5.41, 5.74) is 1.43. The van der Waals surface area contributed by atoms with Gasteiger partial charge in [0.05, 0.1) is 6.10 Å². The lowest BCUT2D eigenvalue weighted by Gasteiger charge is -2.34. The second-order valence-electron chi connectivity index (χ2n) is 8.79. The molecule has 1 aromatic rings. The maximum atomic E-state index is 6.01. The van der Waals surface area contributed by atoms with E-state index in [-0.39, 0.29) is 0 Å². The summed E-state index contributed by atoms with van der Waals surface area (Å²) in [5.74, 6) is 1.76. The summed E-state index contributed by atoms with van der Waals surface area (Å²) in [5, 5.41) is 3.51. The van der Waals surface area contributed by atoms with E-state index in [4.69, 9.17) is 14.5 Å². The summed E-state index contributed by atoms with van der Waals surface area (Å²) in [4.78, 5) is 10.1. The summed E-state index contributed by atoms with van der Waals surface area (Å²) in [7, 11) is 1.74. The smallest absolute Gasteiger partial charge is 0.193 e. The van der Waals surface area contributed by atoms with E-state index in [9.17, 15) is 0 Å². The van der Waals surface area contributed by atoms with Gasteiger partial charge < -0.3 is 24.6 Å². The molecule has 2 saturated heterocycles. The number of methoxy groups -OCH3 is 1. The molecule has 2 aliphatic heterocycles. The number of ether oxygens (including phenoxy) is 2. The monoisotopic (exact) mass is 430 g/mol. The highest BCUT2D eigenvalue weighted by molar-refractivity contribution is 5.80. The number of hydrogen-bond acceptors (Lipinski definition) is 4. The van der Waals surface area contributed by atoms with Gasteiger partial charge >= 0.3 is 0 Å². The van der Waals surface area contributed by atoms with Gasteiger partial charge in [0.25, 0.3) is 0 Å². The number of likely N-dealkylation sites (tertiary alicyclic amines) is 2. The van der Waals surface area contributed by atoms with Crippen molar-refractivity contribution in [3.8, 4) is 0 Å². The second-order valence-corrected chi connectivity index (χ2v) is 8.79. The van der Waals surface area contributed by atoms with Gasteiger partial charge in [0.2, 0.25) is 0 Å². The number of nitrogens with one attached hydrogen (secondary N) is 1. The average molecular weight is 431 g/mol.